The van der Waals surface area contributed by atoms with Crippen molar-refractivity contribution in [3.63, 3.8) is 0 Å². The molecule has 0 spiro atoms. The van der Waals surface area contributed by atoms with Crippen molar-refractivity contribution in [3.8, 4) is 11.3 Å². The van der Waals surface area contributed by atoms with Crippen LogP contribution in [0.1, 0.15) is 29.7 Å². The number of hydrogen-bond acceptors (Lipinski definition) is 5. The SMILES string of the molecule is C=Cc1nc(-c2cccc(C(F)(F)F)c2)c(Cc2ccnc(NCCN)n2)n1/C=C\C. The standard InChI is InChI=1S/C22H23F3N6/c1-3-12-31-18(14-17-8-10-27-21(29-17)28-11-9-26)20(30-19(31)4-2)15-6-5-7-16(13-15)22(23,24)25/h3-8,10,12-13H,2,9,11,14,26H2,1H3,(H,27,28,29)/b12-3-. The van der Waals surface area contributed by atoms with E-state index in [0.717, 1.165) is 12.1 Å². The maximum atomic E-state index is 13.3. The lowest BCUT2D eigenvalue weighted by Gasteiger charge is -2.11. The molecule has 0 aliphatic rings. The molecule has 0 bridgehead atoms. The summed E-state index contributed by atoms with van der Waals surface area (Å²) >= 11 is 0. The fourth-order valence-corrected chi connectivity index (χ4v) is 3.12. The number of rotatable bonds is 8. The topological polar surface area (TPSA) is 81.7 Å². The van der Waals surface area contributed by atoms with E-state index in [1.165, 1.54) is 6.07 Å². The maximum Gasteiger partial charge on any atom is 0.416 e. The Hall–Kier alpha value is -3.46. The van der Waals surface area contributed by atoms with Gasteiger partial charge in [-0.1, -0.05) is 24.8 Å². The number of anilines is 1. The summed E-state index contributed by atoms with van der Waals surface area (Å²) < 4.78 is 41.6. The number of nitrogens with two attached hydrogens (primary N) is 1. The summed E-state index contributed by atoms with van der Waals surface area (Å²) in [5.41, 5.74) is 6.96. The number of halogens is 3. The molecule has 1 aromatic carbocycles. The van der Waals surface area contributed by atoms with E-state index in [-0.39, 0.29) is 0 Å². The first-order valence-electron chi connectivity index (χ1n) is 9.67. The molecule has 6 nitrogen and oxygen atoms in total. The molecule has 0 unspecified atom stereocenters. The fourth-order valence-electron chi connectivity index (χ4n) is 3.12. The molecule has 0 fully saturated rings. The van der Waals surface area contributed by atoms with Crippen molar-refractivity contribution in [2.45, 2.75) is 19.5 Å². The Morgan fingerprint density at radius 3 is 2.71 bits per heavy atom. The summed E-state index contributed by atoms with van der Waals surface area (Å²) in [6.45, 7) is 6.59. The Kier molecular flexibility index (Phi) is 6.86. The number of hydrogen-bond donors (Lipinski definition) is 2. The predicted octanol–water partition coefficient (Wildman–Crippen LogP) is 4.45. The van der Waals surface area contributed by atoms with Crippen LogP contribution in [0.2, 0.25) is 0 Å². The first-order valence-corrected chi connectivity index (χ1v) is 9.67. The van der Waals surface area contributed by atoms with Crippen LogP contribution in [0.5, 0.6) is 0 Å². The third kappa shape index (κ3) is 5.18. The highest BCUT2D eigenvalue weighted by Gasteiger charge is 2.31. The second-order valence-electron chi connectivity index (χ2n) is 6.66. The zero-order chi connectivity index (χ0) is 22.4. The van der Waals surface area contributed by atoms with Gasteiger partial charge in [0.05, 0.1) is 22.6 Å². The fraction of sp³-hybridized carbons (Fsp3) is 0.227. The Labute approximate surface area is 178 Å². The molecule has 162 valence electrons. The summed E-state index contributed by atoms with van der Waals surface area (Å²) in [6.07, 6.45) is 2.69. The molecule has 0 atom stereocenters. The molecule has 0 amide bonds. The van der Waals surface area contributed by atoms with Gasteiger partial charge in [-0.3, -0.25) is 0 Å². The molecule has 0 aliphatic heterocycles. The molecule has 2 aromatic heterocycles. The van der Waals surface area contributed by atoms with Crippen molar-refractivity contribution in [2.75, 3.05) is 18.4 Å². The lowest BCUT2D eigenvalue weighted by molar-refractivity contribution is -0.137. The van der Waals surface area contributed by atoms with Crippen LogP contribution in [-0.2, 0) is 12.6 Å². The van der Waals surface area contributed by atoms with Gasteiger partial charge in [0.15, 0.2) is 0 Å². The van der Waals surface area contributed by atoms with Crippen LogP contribution in [0.3, 0.4) is 0 Å². The second-order valence-corrected chi connectivity index (χ2v) is 6.66. The molecule has 9 heteroatoms. The van der Waals surface area contributed by atoms with E-state index >= 15 is 0 Å². The van der Waals surface area contributed by atoms with Crippen LogP contribution in [0.4, 0.5) is 19.1 Å². The average molecular weight is 428 g/mol. The number of nitrogens with zero attached hydrogens (tertiary/aromatic N) is 4. The molecule has 3 aromatic rings. The third-order valence-corrected chi connectivity index (χ3v) is 4.47. The highest BCUT2D eigenvalue weighted by molar-refractivity contribution is 5.67. The van der Waals surface area contributed by atoms with Crippen molar-refractivity contribution in [1.29, 1.82) is 0 Å². The zero-order valence-corrected chi connectivity index (χ0v) is 17.0. The van der Waals surface area contributed by atoms with Gasteiger partial charge in [0.25, 0.3) is 0 Å². The van der Waals surface area contributed by atoms with Gasteiger partial charge in [0, 0.05) is 37.5 Å². The van der Waals surface area contributed by atoms with Gasteiger partial charge in [0.2, 0.25) is 5.95 Å². The van der Waals surface area contributed by atoms with Crippen molar-refractivity contribution in [2.24, 2.45) is 5.73 Å². The smallest absolute Gasteiger partial charge is 0.353 e. The number of nitrogens with one attached hydrogen (secondary N) is 1. The van der Waals surface area contributed by atoms with E-state index in [2.05, 4.69) is 26.8 Å². The van der Waals surface area contributed by atoms with E-state index in [0.29, 0.717) is 53.9 Å². The minimum Gasteiger partial charge on any atom is -0.353 e. The van der Waals surface area contributed by atoms with E-state index in [4.69, 9.17) is 5.73 Å². The normalized spacial score (nSPS) is 11.8. The molecule has 31 heavy (non-hydrogen) atoms. The van der Waals surface area contributed by atoms with Gasteiger partial charge in [-0.15, -0.1) is 0 Å². The van der Waals surface area contributed by atoms with E-state index in [1.807, 2.05) is 13.0 Å². The quantitative estimate of drug-likeness (QED) is 0.554. The van der Waals surface area contributed by atoms with Crippen LogP contribution in [-0.4, -0.2) is 32.6 Å². The number of aromatic nitrogens is 4. The van der Waals surface area contributed by atoms with Crippen LogP contribution in [0, 0.1) is 0 Å². The lowest BCUT2D eigenvalue weighted by Crippen LogP contribution is -2.15. The summed E-state index contributed by atoms with van der Waals surface area (Å²) in [6, 6.07) is 6.89. The van der Waals surface area contributed by atoms with Gasteiger partial charge in [-0.25, -0.2) is 15.0 Å². The first-order chi connectivity index (χ1) is 14.9. The molecule has 3 N–H and O–H groups in total. The van der Waals surface area contributed by atoms with Gasteiger partial charge < -0.3 is 15.6 Å². The molecule has 3 rings (SSSR count). The van der Waals surface area contributed by atoms with Crippen LogP contribution in [0.15, 0.2) is 49.2 Å². The highest BCUT2D eigenvalue weighted by atomic mass is 19.4. The van der Waals surface area contributed by atoms with Crippen molar-refractivity contribution >= 4 is 18.2 Å². The van der Waals surface area contributed by atoms with Crippen molar-refractivity contribution in [3.05, 3.63) is 72.0 Å². The number of allylic oxidation sites excluding steroid dienone is 1. The minimum absolute atomic E-state index is 0.330. The molecule has 0 radical (unpaired) electrons. The largest absolute Gasteiger partial charge is 0.416 e. The van der Waals surface area contributed by atoms with Crippen molar-refractivity contribution < 1.29 is 13.2 Å². The Morgan fingerprint density at radius 1 is 1.23 bits per heavy atom. The molecule has 0 saturated carbocycles. The number of imidazole rings is 1. The van der Waals surface area contributed by atoms with E-state index in [1.54, 1.807) is 35.2 Å². The summed E-state index contributed by atoms with van der Waals surface area (Å²) in [5, 5.41) is 3.02. The van der Waals surface area contributed by atoms with Gasteiger partial charge in [-0.05, 0) is 31.2 Å². The second kappa shape index (κ2) is 9.57. The molecule has 0 aliphatic carbocycles. The van der Waals surface area contributed by atoms with Gasteiger partial charge in [0.1, 0.15) is 5.82 Å². The van der Waals surface area contributed by atoms with E-state index in [9.17, 15) is 13.2 Å². The monoisotopic (exact) mass is 428 g/mol. The highest BCUT2D eigenvalue weighted by Crippen LogP contribution is 2.34. The van der Waals surface area contributed by atoms with Crippen LogP contribution in [0.25, 0.3) is 23.5 Å². The van der Waals surface area contributed by atoms with Gasteiger partial charge >= 0.3 is 6.18 Å². The van der Waals surface area contributed by atoms with Crippen molar-refractivity contribution in [1.82, 2.24) is 19.5 Å². The maximum absolute atomic E-state index is 13.3. The Balaban J connectivity index is 2.11. The summed E-state index contributed by atoms with van der Waals surface area (Å²) in [5.74, 6) is 0.959. The summed E-state index contributed by atoms with van der Waals surface area (Å²) in [4.78, 5) is 13.2. The zero-order valence-electron chi connectivity index (χ0n) is 17.0. The minimum atomic E-state index is -4.44. The third-order valence-electron chi connectivity index (χ3n) is 4.47. The molecule has 0 saturated heterocycles. The number of benzene rings is 1. The Bertz CT molecular complexity index is 1090. The first kappa shape index (κ1) is 22.2. The lowest BCUT2D eigenvalue weighted by atomic mass is 10.0. The summed E-state index contributed by atoms with van der Waals surface area (Å²) in [7, 11) is 0. The van der Waals surface area contributed by atoms with Gasteiger partial charge in [-0.2, -0.15) is 13.2 Å². The predicted molar refractivity (Wildman–Crippen MR) is 116 cm³/mol. The molecule has 2 heterocycles. The Morgan fingerprint density at radius 2 is 2.03 bits per heavy atom. The van der Waals surface area contributed by atoms with Crippen LogP contribution >= 0.6 is 0 Å². The molecular formula is C22H23F3N6. The van der Waals surface area contributed by atoms with Crippen LogP contribution < -0.4 is 11.1 Å². The van der Waals surface area contributed by atoms with E-state index < -0.39 is 11.7 Å². The average Bonchev–Trinajstić information content (AvgIpc) is 3.09. The molecular weight excluding hydrogens is 405 g/mol. The number of alkyl halides is 3.